The minimum atomic E-state index is 0.261. The maximum absolute atomic E-state index is 8.81. The lowest BCUT2D eigenvalue weighted by Crippen LogP contribution is -2.39. The van der Waals surface area contributed by atoms with E-state index in [0.29, 0.717) is 0 Å². The minimum Gasteiger partial charge on any atom is -0.396 e. The predicted molar refractivity (Wildman–Crippen MR) is 63.8 cm³/mol. The normalized spacial score (nSPS) is 11.7. The highest BCUT2D eigenvalue weighted by molar-refractivity contribution is 6.30. The van der Waals surface area contributed by atoms with Crippen LogP contribution in [-0.2, 0) is 6.54 Å². The molecule has 1 N–H and O–H groups in total. The third-order valence-electron chi connectivity index (χ3n) is 2.42. The van der Waals surface area contributed by atoms with Crippen molar-refractivity contribution < 1.29 is 9.59 Å². The number of hydrogen-bond acceptors (Lipinski definition) is 1. The van der Waals surface area contributed by atoms with Gasteiger partial charge in [-0.3, -0.25) is 0 Å². The first-order chi connectivity index (χ1) is 7.03. The number of benzene rings is 1. The van der Waals surface area contributed by atoms with E-state index in [1.807, 2.05) is 18.2 Å². The van der Waals surface area contributed by atoms with Crippen molar-refractivity contribution in [2.24, 2.45) is 0 Å². The molecule has 0 amide bonds. The Labute approximate surface area is 96.7 Å². The van der Waals surface area contributed by atoms with Crippen LogP contribution in [0, 0.1) is 0 Å². The first kappa shape index (κ1) is 12.5. The van der Waals surface area contributed by atoms with Gasteiger partial charge in [-0.25, -0.2) is 0 Å². The fraction of sp³-hybridized carbons (Fsp3) is 0.500. The number of aliphatic hydroxyl groups is 1. The molecule has 0 atom stereocenters. The van der Waals surface area contributed by atoms with Gasteiger partial charge in [0.15, 0.2) is 0 Å². The maximum atomic E-state index is 8.81. The molecule has 1 aromatic rings. The van der Waals surface area contributed by atoms with Crippen LogP contribution in [0.3, 0.4) is 0 Å². The molecule has 0 unspecified atom stereocenters. The van der Waals surface area contributed by atoms with E-state index in [4.69, 9.17) is 16.7 Å². The lowest BCUT2D eigenvalue weighted by Gasteiger charge is -2.29. The van der Waals surface area contributed by atoms with E-state index < -0.39 is 0 Å². The van der Waals surface area contributed by atoms with Gasteiger partial charge in [-0.2, -0.15) is 0 Å². The molecule has 1 aromatic carbocycles. The summed E-state index contributed by atoms with van der Waals surface area (Å²) in [7, 11) is 4.33. The van der Waals surface area contributed by atoms with Crippen LogP contribution in [0.1, 0.15) is 12.0 Å². The molecule has 0 aromatic heterocycles. The molecule has 0 aliphatic carbocycles. The zero-order valence-electron chi connectivity index (χ0n) is 9.41. The van der Waals surface area contributed by atoms with Gasteiger partial charge in [-0.1, -0.05) is 23.7 Å². The quantitative estimate of drug-likeness (QED) is 0.767. The number of quaternary nitrogens is 1. The lowest BCUT2D eigenvalue weighted by atomic mass is 10.2. The Morgan fingerprint density at radius 3 is 2.67 bits per heavy atom. The summed E-state index contributed by atoms with van der Waals surface area (Å²) in [6.07, 6.45) is 0.841. The first-order valence-corrected chi connectivity index (χ1v) is 5.58. The van der Waals surface area contributed by atoms with Crippen LogP contribution in [0.5, 0.6) is 0 Å². The molecule has 84 valence electrons. The van der Waals surface area contributed by atoms with Crippen molar-refractivity contribution in [2.75, 3.05) is 27.2 Å². The molecule has 15 heavy (non-hydrogen) atoms. The summed E-state index contributed by atoms with van der Waals surface area (Å²) >= 11 is 5.93. The van der Waals surface area contributed by atoms with E-state index in [0.717, 1.165) is 29.0 Å². The summed E-state index contributed by atoms with van der Waals surface area (Å²) in [5.41, 5.74) is 1.24. The molecule has 0 radical (unpaired) electrons. The van der Waals surface area contributed by atoms with E-state index in [1.165, 1.54) is 5.56 Å². The van der Waals surface area contributed by atoms with Gasteiger partial charge in [0.2, 0.25) is 0 Å². The molecule has 0 saturated heterocycles. The first-order valence-electron chi connectivity index (χ1n) is 5.21. The zero-order chi connectivity index (χ0) is 11.3. The van der Waals surface area contributed by atoms with Gasteiger partial charge >= 0.3 is 0 Å². The highest BCUT2D eigenvalue weighted by Crippen LogP contribution is 2.15. The van der Waals surface area contributed by atoms with Gasteiger partial charge in [0.1, 0.15) is 6.54 Å². The van der Waals surface area contributed by atoms with E-state index >= 15 is 0 Å². The molecule has 0 aliphatic heterocycles. The second kappa shape index (κ2) is 5.50. The lowest BCUT2D eigenvalue weighted by molar-refractivity contribution is -0.903. The van der Waals surface area contributed by atoms with Crippen molar-refractivity contribution >= 4 is 11.6 Å². The zero-order valence-corrected chi connectivity index (χ0v) is 10.2. The Bertz CT molecular complexity index is 312. The fourth-order valence-electron chi connectivity index (χ4n) is 1.71. The van der Waals surface area contributed by atoms with Crippen LogP contribution in [0.2, 0.25) is 5.02 Å². The Balaban J connectivity index is 2.60. The molecular weight excluding hydrogens is 210 g/mol. The smallest absolute Gasteiger partial charge is 0.104 e. The average molecular weight is 229 g/mol. The third kappa shape index (κ3) is 4.65. The van der Waals surface area contributed by atoms with Crippen LogP contribution < -0.4 is 0 Å². The summed E-state index contributed by atoms with van der Waals surface area (Å²) in [5.74, 6) is 0. The largest absolute Gasteiger partial charge is 0.396 e. The Morgan fingerprint density at radius 2 is 2.07 bits per heavy atom. The summed E-state index contributed by atoms with van der Waals surface area (Å²) in [4.78, 5) is 0. The van der Waals surface area contributed by atoms with Crippen molar-refractivity contribution in [3.05, 3.63) is 34.9 Å². The molecule has 0 aliphatic rings. The van der Waals surface area contributed by atoms with E-state index in [1.54, 1.807) is 0 Å². The molecule has 0 spiro atoms. The summed E-state index contributed by atoms with van der Waals surface area (Å²) < 4.78 is 0.876. The van der Waals surface area contributed by atoms with Gasteiger partial charge < -0.3 is 9.59 Å². The Hall–Kier alpha value is -0.570. The van der Waals surface area contributed by atoms with E-state index in [-0.39, 0.29) is 6.61 Å². The van der Waals surface area contributed by atoms with Crippen molar-refractivity contribution in [3.8, 4) is 0 Å². The minimum absolute atomic E-state index is 0.261. The molecule has 0 saturated carbocycles. The van der Waals surface area contributed by atoms with Gasteiger partial charge in [0, 0.05) is 23.6 Å². The third-order valence-corrected chi connectivity index (χ3v) is 2.66. The van der Waals surface area contributed by atoms with Crippen LogP contribution in [-0.4, -0.2) is 36.8 Å². The molecule has 1 rings (SSSR count). The number of aliphatic hydroxyl groups excluding tert-OH is 1. The van der Waals surface area contributed by atoms with Crippen molar-refractivity contribution in [3.63, 3.8) is 0 Å². The maximum Gasteiger partial charge on any atom is 0.104 e. The number of halogens is 1. The number of nitrogens with zero attached hydrogens (tertiary/aromatic N) is 1. The summed E-state index contributed by atoms with van der Waals surface area (Å²) in [5, 5.41) is 9.60. The highest BCUT2D eigenvalue weighted by atomic mass is 35.5. The van der Waals surface area contributed by atoms with Crippen LogP contribution >= 0.6 is 11.6 Å². The molecule has 0 heterocycles. The van der Waals surface area contributed by atoms with Gasteiger partial charge in [-0.05, 0) is 12.1 Å². The number of rotatable bonds is 5. The highest BCUT2D eigenvalue weighted by Gasteiger charge is 2.14. The second-order valence-electron chi connectivity index (χ2n) is 4.52. The van der Waals surface area contributed by atoms with Crippen molar-refractivity contribution in [1.82, 2.24) is 0 Å². The fourth-order valence-corrected chi connectivity index (χ4v) is 1.92. The molecule has 0 fully saturated rings. The van der Waals surface area contributed by atoms with Crippen molar-refractivity contribution in [1.29, 1.82) is 0 Å². The topological polar surface area (TPSA) is 20.2 Å². The van der Waals surface area contributed by atoms with Gasteiger partial charge in [0.25, 0.3) is 0 Å². The Morgan fingerprint density at radius 1 is 1.33 bits per heavy atom. The van der Waals surface area contributed by atoms with Gasteiger partial charge in [0.05, 0.1) is 20.6 Å². The standard InChI is InChI=1S/C12H19ClNO/c1-14(2,7-4-8-15)10-11-5-3-6-12(13)9-11/h3,5-6,9,15H,4,7-8,10H2,1-2H3/q+1. The predicted octanol–water partition coefficient (Wildman–Crippen LogP) is 2.30. The number of hydrogen-bond donors (Lipinski definition) is 1. The molecular formula is C12H19ClNO+. The van der Waals surface area contributed by atoms with Crippen LogP contribution in [0.15, 0.2) is 24.3 Å². The second-order valence-corrected chi connectivity index (χ2v) is 4.96. The molecule has 0 bridgehead atoms. The monoisotopic (exact) mass is 228 g/mol. The van der Waals surface area contributed by atoms with E-state index in [9.17, 15) is 0 Å². The SMILES string of the molecule is C[N+](C)(CCCO)Cc1cccc(Cl)c1. The van der Waals surface area contributed by atoms with Crippen molar-refractivity contribution in [2.45, 2.75) is 13.0 Å². The van der Waals surface area contributed by atoms with E-state index in [2.05, 4.69) is 20.2 Å². The molecule has 2 nitrogen and oxygen atoms in total. The van der Waals surface area contributed by atoms with Gasteiger partial charge in [-0.15, -0.1) is 0 Å². The van der Waals surface area contributed by atoms with Crippen LogP contribution in [0.25, 0.3) is 0 Å². The molecule has 3 heteroatoms. The average Bonchev–Trinajstić information content (AvgIpc) is 2.14. The Kier molecular flexibility index (Phi) is 4.58. The summed E-state index contributed by atoms with van der Waals surface area (Å²) in [6.45, 7) is 2.18. The summed E-state index contributed by atoms with van der Waals surface area (Å²) in [6, 6.07) is 7.95. The van der Waals surface area contributed by atoms with Crippen LogP contribution in [0.4, 0.5) is 0 Å².